The number of hydrogen-bond donors (Lipinski definition) is 1. The number of nitrogens with zero attached hydrogens (tertiary/aromatic N) is 2. The van der Waals surface area contributed by atoms with E-state index in [-0.39, 0.29) is 18.1 Å². The van der Waals surface area contributed by atoms with Gasteiger partial charge in [-0.3, -0.25) is 0 Å². The second-order valence-corrected chi connectivity index (χ2v) is 9.55. The Labute approximate surface area is 151 Å². The molecule has 2 amide bonds. The molecule has 2 atom stereocenters. The minimum Gasteiger partial charge on any atom is -0.381 e. The van der Waals surface area contributed by atoms with E-state index in [1.54, 1.807) is 4.31 Å². The quantitative estimate of drug-likeness (QED) is 0.790. The van der Waals surface area contributed by atoms with Crippen LogP contribution in [0.5, 0.6) is 0 Å². The molecule has 0 radical (unpaired) electrons. The molecule has 0 aromatic rings. The first-order chi connectivity index (χ1) is 11.9. The molecule has 2 saturated heterocycles. The smallest absolute Gasteiger partial charge is 0.317 e. The summed E-state index contributed by atoms with van der Waals surface area (Å²) in [5.74, 6) is 0.419. The van der Waals surface area contributed by atoms with Crippen LogP contribution >= 0.6 is 0 Å². The van der Waals surface area contributed by atoms with Crippen LogP contribution in [0.2, 0.25) is 0 Å². The predicted octanol–water partition coefficient (Wildman–Crippen LogP) is 1.40. The van der Waals surface area contributed by atoms with E-state index < -0.39 is 10.0 Å². The number of carbonyl (C=O) groups is 1. The molecule has 2 aliphatic heterocycles. The number of hydrogen-bond acceptors (Lipinski definition) is 4. The van der Waals surface area contributed by atoms with Gasteiger partial charge in [0.05, 0.1) is 12.9 Å². The molecule has 1 saturated carbocycles. The number of urea groups is 1. The number of rotatable bonds is 5. The summed E-state index contributed by atoms with van der Waals surface area (Å²) < 4.78 is 31.6. The third kappa shape index (κ3) is 4.86. The molecule has 0 aromatic carbocycles. The fourth-order valence-electron chi connectivity index (χ4n) is 4.11. The molecule has 2 heterocycles. The van der Waals surface area contributed by atoms with Gasteiger partial charge in [0, 0.05) is 44.2 Å². The van der Waals surface area contributed by atoms with E-state index in [1.165, 1.54) is 6.26 Å². The van der Waals surface area contributed by atoms with Gasteiger partial charge in [0.1, 0.15) is 0 Å². The standard InChI is InChI=1S/C17H31N3O4S/c1-25(22,23)20(15-4-2-5-15)16-6-3-9-19(10-7-16)17(21)18-12-14-8-11-24-13-14/h14-16H,2-13H2,1H3,(H,18,21)/t14-,16+/m0/s1. The maximum atomic E-state index is 12.4. The molecule has 0 aromatic heterocycles. The number of carbonyl (C=O) groups excluding carboxylic acids is 1. The monoisotopic (exact) mass is 373 g/mol. The van der Waals surface area contributed by atoms with E-state index in [1.807, 2.05) is 4.90 Å². The lowest BCUT2D eigenvalue weighted by Crippen LogP contribution is -2.50. The lowest BCUT2D eigenvalue weighted by atomic mass is 9.91. The van der Waals surface area contributed by atoms with E-state index in [2.05, 4.69) is 5.32 Å². The summed E-state index contributed by atoms with van der Waals surface area (Å²) in [6.07, 6.45) is 7.80. The van der Waals surface area contributed by atoms with Crippen molar-refractivity contribution in [2.45, 2.75) is 57.0 Å². The molecule has 8 heteroatoms. The first kappa shape index (κ1) is 18.9. The maximum absolute atomic E-state index is 12.4. The van der Waals surface area contributed by atoms with Crippen LogP contribution in [0.3, 0.4) is 0 Å². The number of amides is 2. The number of nitrogens with one attached hydrogen (secondary N) is 1. The molecule has 7 nitrogen and oxygen atoms in total. The minimum atomic E-state index is -3.20. The van der Waals surface area contributed by atoms with Crippen molar-refractivity contribution in [3.8, 4) is 0 Å². The third-order valence-corrected chi connectivity index (χ3v) is 7.09. The predicted molar refractivity (Wildman–Crippen MR) is 95.9 cm³/mol. The van der Waals surface area contributed by atoms with Crippen LogP contribution < -0.4 is 5.32 Å². The fourth-order valence-corrected chi connectivity index (χ4v) is 5.61. The second kappa shape index (κ2) is 8.22. The Hall–Kier alpha value is -0.860. The average molecular weight is 374 g/mol. The van der Waals surface area contributed by atoms with Gasteiger partial charge in [0.25, 0.3) is 0 Å². The Kier molecular flexibility index (Phi) is 6.22. The Morgan fingerprint density at radius 3 is 2.44 bits per heavy atom. The summed E-state index contributed by atoms with van der Waals surface area (Å²) in [7, 11) is -3.20. The summed E-state index contributed by atoms with van der Waals surface area (Å²) in [4.78, 5) is 14.3. The zero-order chi connectivity index (χ0) is 17.9. The molecule has 3 rings (SSSR count). The van der Waals surface area contributed by atoms with Gasteiger partial charge in [-0.1, -0.05) is 6.42 Å². The third-order valence-electron chi connectivity index (χ3n) is 5.73. The summed E-state index contributed by atoms with van der Waals surface area (Å²) in [5.41, 5.74) is 0. The highest BCUT2D eigenvalue weighted by atomic mass is 32.2. The van der Waals surface area contributed by atoms with Crippen LogP contribution in [-0.4, -0.2) is 74.8 Å². The van der Waals surface area contributed by atoms with Gasteiger partial charge < -0.3 is 15.0 Å². The molecule has 1 N–H and O–H groups in total. The van der Waals surface area contributed by atoms with Gasteiger partial charge in [-0.05, 0) is 38.5 Å². The molecule has 0 spiro atoms. The lowest BCUT2D eigenvalue weighted by Gasteiger charge is -2.40. The van der Waals surface area contributed by atoms with Crippen LogP contribution in [-0.2, 0) is 14.8 Å². The van der Waals surface area contributed by atoms with Crippen LogP contribution in [0.15, 0.2) is 0 Å². The Morgan fingerprint density at radius 1 is 1.12 bits per heavy atom. The highest BCUT2D eigenvalue weighted by Crippen LogP contribution is 2.31. The van der Waals surface area contributed by atoms with Crippen molar-refractivity contribution in [3.05, 3.63) is 0 Å². The number of sulfonamides is 1. The van der Waals surface area contributed by atoms with E-state index in [0.717, 1.165) is 58.2 Å². The summed E-state index contributed by atoms with van der Waals surface area (Å²) >= 11 is 0. The van der Waals surface area contributed by atoms with Crippen molar-refractivity contribution >= 4 is 16.1 Å². The minimum absolute atomic E-state index is 0.0258. The second-order valence-electron chi connectivity index (χ2n) is 7.67. The van der Waals surface area contributed by atoms with Gasteiger partial charge in [-0.2, -0.15) is 4.31 Å². The van der Waals surface area contributed by atoms with Crippen LogP contribution in [0.4, 0.5) is 4.79 Å². The maximum Gasteiger partial charge on any atom is 0.317 e. The van der Waals surface area contributed by atoms with Crippen LogP contribution in [0.25, 0.3) is 0 Å². The first-order valence-electron chi connectivity index (χ1n) is 9.54. The summed E-state index contributed by atoms with van der Waals surface area (Å²) in [5, 5.41) is 3.02. The Bertz CT molecular complexity index is 558. The van der Waals surface area contributed by atoms with E-state index in [4.69, 9.17) is 4.74 Å². The lowest BCUT2D eigenvalue weighted by molar-refractivity contribution is 0.160. The normalized spacial score (nSPS) is 28.6. The van der Waals surface area contributed by atoms with Gasteiger partial charge in [-0.15, -0.1) is 0 Å². The number of ether oxygens (including phenoxy) is 1. The van der Waals surface area contributed by atoms with Crippen molar-refractivity contribution in [3.63, 3.8) is 0 Å². The topological polar surface area (TPSA) is 79.0 Å². The van der Waals surface area contributed by atoms with Crippen LogP contribution in [0, 0.1) is 5.92 Å². The van der Waals surface area contributed by atoms with E-state index >= 15 is 0 Å². The van der Waals surface area contributed by atoms with Gasteiger partial charge >= 0.3 is 6.03 Å². The zero-order valence-electron chi connectivity index (χ0n) is 15.2. The van der Waals surface area contributed by atoms with Crippen molar-refractivity contribution in [1.29, 1.82) is 0 Å². The van der Waals surface area contributed by atoms with Crippen molar-refractivity contribution in [2.24, 2.45) is 5.92 Å². The molecular formula is C17H31N3O4S. The molecule has 3 aliphatic rings. The highest BCUT2D eigenvalue weighted by Gasteiger charge is 2.37. The first-order valence-corrected chi connectivity index (χ1v) is 11.4. The van der Waals surface area contributed by atoms with E-state index in [9.17, 15) is 13.2 Å². The van der Waals surface area contributed by atoms with Crippen LogP contribution in [0.1, 0.15) is 44.9 Å². The van der Waals surface area contributed by atoms with Crippen molar-refractivity contribution < 1.29 is 17.9 Å². The van der Waals surface area contributed by atoms with Crippen molar-refractivity contribution in [1.82, 2.24) is 14.5 Å². The van der Waals surface area contributed by atoms with Gasteiger partial charge in [0.2, 0.25) is 10.0 Å². The van der Waals surface area contributed by atoms with Gasteiger partial charge in [-0.25, -0.2) is 13.2 Å². The average Bonchev–Trinajstić information content (AvgIpc) is 2.91. The van der Waals surface area contributed by atoms with E-state index in [0.29, 0.717) is 25.6 Å². The molecule has 25 heavy (non-hydrogen) atoms. The largest absolute Gasteiger partial charge is 0.381 e. The van der Waals surface area contributed by atoms with Gasteiger partial charge in [0.15, 0.2) is 0 Å². The fraction of sp³-hybridized carbons (Fsp3) is 0.941. The molecule has 0 unspecified atom stereocenters. The summed E-state index contributed by atoms with van der Waals surface area (Å²) in [6, 6.07) is 0.172. The molecule has 1 aliphatic carbocycles. The SMILES string of the molecule is CS(=O)(=O)N(C1CCC1)[C@@H]1CCCN(C(=O)NC[C@@H]2CCOC2)CC1. The number of likely N-dealkylation sites (tertiary alicyclic amines) is 1. The van der Waals surface area contributed by atoms with Crippen molar-refractivity contribution in [2.75, 3.05) is 39.1 Å². The molecule has 0 bridgehead atoms. The Balaban J connectivity index is 1.53. The summed E-state index contributed by atoms with van der Waals surface area (Å²) in [6.45, 7) is 3.50. The highest BCUT2D eigenvalue weighted by molar-refractivity contribution is 7.88. The Morgan fingerprint density at radius 2 is 1.84 bits per heavy atom. The molecule has 3 fully saturated rings. The molecule has 144 valence electrons. The molecular weight excluding hydrogens is 342 g/mol. The zero-order valence-corrected chi connectivity index (χ0v) is 16.0.